The molecule has 5 amide bonds. The molecule has 5 N–H and O–H groups in total. The van der Waals surface area contributed by atoms with Gasteiger partial charge in [0.2, 0.25) is 17.7 Å². The minimum Gasteiger partial charge on any atom is -0.379 e. The second-order valence-electron chi connectivity index (χ2n) is 13.2. The number of amides is 5. The smallest absolute Gasteiger partial charge is 0.379 e. The number of carbonyl (C=O) groups is 4. The predicted octanol–water partition coefficient (Wildman–Crippen LogP) is 0.732. The highest BCUT2D eigenvalue weighted by Crippen LogP contribution is 2.33. The van der Waals surface area contributed by atoms with Crippen LogP contribution in [0.25, 0.3) is 11.0 Å². The van der Waals surface area contributed by atoms with E-state index in [9.17, 15) is 28.8 Å². The summed E-state index contributed by atoms with van der Waals surface area (Å²) in [7, 11) is 4.69. The van der Waals surface area contributed by atoms with Gasteiger partial charge in [0.25, 0.3) is 0 Å². The maximum absolute atomic E-state index is 12.2. The summed E-state index contributed by atoms with van der Waals surface area (Å²) in [6.07, 6.45) is 5.70. The van der Waals surface area contributed by atoms with Crippen molar-refractivity contribution in [1.82, 2.24) is 36.1 Å². The normalized spacial score (nSPS) is 17.3. The monoisotopic (exact) mass is 857 g/mol. The van der Waals surface area contributed by atoms with Crippen LogP contribution in [0.4, 0.5) is 4.79 Å². The van der Waals surface area contributed by atoms with Crippen molar-refractivity contribution >= 4 is 68.1 Å². The van der Waals surface area contributed by atoms with Crippen LogP contribution in [0.15, 0.2) is 26.3 Å². The number of thioether (sulfide) groups is 1. The molecule has 57 heavy (non-hydrogen) atoms. The number of unbranched alkanes of at least 4 members (excludes halogenated alkanes) is 1. The molecule has 2 saturated heterocycles. The fourth-order valence-corrected chi connectivity index (χ4v) is 9.27. The van der Waals surface area contributed by atoms with Crippen LogP contribution in [0.5, 0.6) is 0 Å². The lowest BCUT2D eigenvalue weighted by Gasteiger charge is -2.16. The SMILES string of the molecule is Cn1c(=O)oc(=O)c2cc(CCC(=O)NCCSSCCNC(=O)CCOCCOCCOCCOCCNC(=O)CCCCC3SCC4NC(=O)NC43)cnc21. The first-order chi connectivity index (χ1) is 27.7. The van der Waals surface area contributed by atoms with Crippen molar-refractivity contribution in [3.63, 3.8) is 0 Å². The first-order valence-corrected chi connectivity index (χ1v) is 22.8. The molecule has 318 valence electrons. The van der Waals surface area contributed by atoms with Crippen LogP contribution in [0, 0.1) is 0 Å². The van der Waals surface area contributed by atoms with Gasteiger partial charge in [-0.3, -0.25) is 19.0 Å². The summed E-state index contributed by atoms with van der Waals surface area (Å²) in [6.45, 7) is 4.71. The van der Waals surface area contributed by atoms with Crippen molar-refractivity contribution < 1.29 is 42.5 Å². The number of rotatable bonds is 30. The summed E-state index contributed by atoms with van der Waals surface area (Å²) in [6, 6.07) is 1.96. The Hall–Kier alpha value is -3.34. The van der Waals surface area contributed by atoms with E-state index in [0.29, 0.717) is 102 Å². The van der Waals surface area contributed by atoms with Gasteiger partial charge in [0, 0.05) is 74.6 Å². The molecule has 4 heterocycles. The van der Waals surface area contributed by atoms with Crippen LogP contribution in [-0.4, -0.2) is 140 Å². The summed E-state index contributed by atoms with van der Waals surface area (Å²) in [5.41, 5.74) is 0.180. The zero-order chi connectivity index (χ0) is 40.7. The van der Waals surface area contributed by atoms with Gasteiger partial charge in [-0.25, -0.2) is 19.4 Å². The summed E-state index contributed by atoms with van der Waals surface area (Å²) in [5, 5.41) is 15.2. The molecule has 3 unspecified atom stereocenters. The molecule has 0 bridgehead atoms. The fourth-order valence-electron chi connectivity index (χ4n) is 5.91. The Morgan fingerprint density at radius 2 is 1.44 bits per heavy atom. The predicted molar refractivity (Wildman–Crippen MR) is 220 cm³/mol. The standard InChI is InChI=1S/C36H55N7O11S3/c1-43-33-26(34(47)54-36(43)49)22-25(23-40-33)6-7-30(45)38-10-20-56-57-21-11-39-31(46)8-12-50-14-16-52-18-19-53-17-15-51-13-9-37-29(44)5-3-2-4-28-32-27(24-55-28)41-35(48)42-32/h22-23,27-28,32H,2-21,24H2,1H3,(H,37,44)(H,38,45)(H,39,46)(H2,41,42,48). The Bertz CT molecular complexity index is 1700. The Morgan fingerprint density at radius 3 is 2.14 bits per heavy atom. The number of nitrogens with zero attached hydrogens (tertiary/aromatic N) is 2. The van der Waals surface area contributed by atoms with Crippen molar-refractivity contribution in [3.05, 3.63) is 38.8 Å². The molecule has 3 atom stereocenters. The Balaban J connectivity index is 0.827. The zero-order valence-electron chi connectivity index (χ0n) is 32.3. The lowest BCUT2D eigenvalue weighted by molar-refractivity contribution is -0.122. The van der Waals surface area contributed by atoms with Crippen LogP contribution in [-0.2, 0) is 46.8 Å². The maximum Gasteiger partial charge on any atom is 0.423 e. The van der Waals surface area contributed by atoms with E-state index in [1.165, 1.54) is 7.05 Å². The number of hydrogen-bond acceptors (Lipinski definition) is 15. The summed E-state index contributed by atoms with van der Waals surface area (Å²) in [4.78, 5) is 75.5. The molecule has 0 radical (unpaired) electrons. The van der Waals surface area contributed by atoms with Gasteiger partial charge in [-0.15, -0.1) is 0 Å². The lowest BCUT2D eigenvalue weighted by atomic mass is 10.0. The first kappa shape index (κ1) is 46.4. The number of nitrogens with one attached hydrogen (secondary N) is 5. The fraction of sp³-hybridized carbons (Fsp3) is 0.694. The molecule has 0 aliphatic carbocycles. The van der Waals surface area contributed by atoms with E-state index in [-0.39, 0.29) is 59.7 Å². The maximum atomic E-state index is 12.2. The van der Waals surface area contributed by atoms with Gasteiger partial charge < -0.3 is 49.9 Å². The van der Waals surface area contributed by atoms with Gasteiger partial charge in [0.15, 0.2) is 5.65 Å². The van der Waals surface area contributed by atoms with Crippen molar-refractivity contribution in [2.75, 3.05) is 89.7 Å². The average Bonchev–Trinajstić information content (AvgIpc) is 3.76. The molecule has 4 rings (SSSR count). The van der Waals surface area contributed by atoms with Crippen LogP contribution in [0.2, 0.25) is 0 Å². The highest BCUT2D eigenvalue weighted by molar-refractivity contribution is 8.76. The van der Waals surface area contributed by atoms with E-state index >= 15 is 0 Å². The van der Waals surface area contributed by atoms with Gasteiger partial charge >= 0.3 is 17.4 Å². The minimum atomic E-state index is -0.777. The number of carbonyl (C=O) groups excluding carboxylic acids is 4. The highest BCUT2D eigenvalue weighted by Gasteiger charge is 2.42. The van der Waals surface area contributed by atoms with Crippen molar-refractivity contribution in [2.45, 2.75) is 62.3 Å². The molecule has 0 spiro atoms. The number of aryl methyl sites for hydroxylation is 2. The van der Waals surface area contributed by atoms with Crippen LogP contribution >= 0.6 is 33.3 Å². The molecule has 2 fully saturated rings. The second-order valence-corrected chi connectivity index (χ2v) is 17.2. The lowest BCUT2D eigenvalue weighted by Crippen LogP contribution is -2.36. The van der Waals surface area contributed by atoms with Gasteiger partial charge in [0.1, 0.15) is 5.39 Å². The van der Waals surface area contributed by atoms with Crippen molar-refractivity contribution in [1.29, 1.82) is 0 Å². The number of hydrogen-bond donors (Lipinski definition) is 5. The number of fused-ring (bicyclic) bond motifs is 2. The molecule has 21 heteroatoms. The van der Waals surface area contributed by atoms with E-state index < -0.39 is 11.4 Å². The quantitative estimate of drug-likeness (QED) is 0.0415. The van der Waals surface area contributed by atoms with Crippen LogP contribution in [0.3, 0.4) is 0 Å². The third-order valence-corrected chi connectivity index (χ3v) is 12.8. The van der Waals surface area contributed by atoms with E-state index in [1.54, 1.807) is 33.9 Å². The number of aromatic nitrogens is 2. The van der Waals surface area contributed by atoms with E-state index in [0.717, 1.165) is 35.3 Å². The van der Waals surface area contributed by atoms with Crippen LogP contribution < -0.4 is 38.0 Å². The molecule has 2 aliphatic heterocycles. The van der Waals surface area contributed by atoms with Gasteiger partial charge in [0.05, 0.1) is 64.9 Å². The number of ether oxygens (including phenoxy) is 4. The number of pyridine rings is 1. The minimum absolute atomic E-state index is 0.0237. The molecular formula is C36H55N7O11S3. The molecule has 0 aromatic carbocycles. The van der Waals surface area contributed by atoms with Crippen LogP contribution in [0.1, 0.15) is 44.1 Å². The average molecular weight is 858 g/mol. The Morgan fingerprint density at radius 1 is 0.825 bits per heavy atom. The summed E-state index contributed by atoms with van der Waals surface area (Å²) < 4.78 is 27.8. The van der Waals surface area contributed by atoms with Crippen molar-refractivity contribution in [3.8, 4) is 0 Å². The zero-order valence-corrected chi connectivity index (χ0v) is 34.8. The molecule has 18 nitrogen and oxygen atoms in total. The van der Waals surface area contributed by atoms with E-state index in [4.69, 9.17) is 18.9 Å². The molecule has 0 saturated carbocycles. The third kappa shape index (κ3) is 17.6. The van der Waals surface area contributed by atoms with Gasteiger partial charge in [-0.1, -0.05) is 28.0 Å². The Labute approximate surface area is 343 Å². The number of urea groups is 1. The molecule has 2 aromatic heterocycles. The molecule has 2 aromatic rings. The first-order valence-electron chi connectivity index (χ1n) is 19.2. The van der Waals surface area contributed by atoms with E-state index in [2.05, 4.69) is 36.0 Å². The second kappa shape index (κ2) is 26.6. The van der Waals surface area contributed by atoms with Gasteiger partial charge in [-0.05, 0) is 30.9 Å². The summed E-state index contributed by atoms with van der Waals surface area (Å²) >= 11 is 1.89. The van der Waals surface area contributed by atoms with Gasteiger partial charge in [-0.2, -0.15) is 11.8 Å². The third-order valence-electron chi connectivity index (χ3n) is 8.89. The largest absolute Gasteiger partial charge is 0.423 e. The molecular weight excluding hydrogens is 803 g/mol. The summed E-state index contributed by atoms with van der Waals surface area (Å²) in [5.74, 6) is 1.43. The topological polar surface area (TPSA) is 230 Å². The van der Waals surface area contributed by atoms with E-state index in [1.807, 2.05) is 11.8 Å². The highest BCUT2D eigenvalue weighted by atomic mass is 33.1. The Kier molecular flexibility index (Phi) is 21.6. The molecule has 2 aliphatic rings. The van der Waals surface area contributed by atoms with Crippen molar-refractivity contribution in [2.24, 2.45) is 7.05 Å².